The van der Waals surface area contributed by atoms with E-state index < -0.39 is 0 Å². The fourth-order valence-corrected chi connectivity index (χ4v) is 10.7. The molecule has 0 aliphatic carbocycles. The van der Waals surface area contributed by atoms with Gasteiger partial charge in [-0.15, -0.1) is 0 Å². The molecule has 64 heavy (non-hydrogen) atoms. The third-order valence-corrected chi connectivity index (χ3v) is 14.2. The van der Waals surface area contributed by atoms with E-state index in [2.05, 4.69) is 0 Å². The number of imide groups is 4. The van der Waals surface area contributed by atoms with E-state index in [1.54, 1.807) is 48.5 Å². The van der Waals surface area contributed by atoms with Gasteiger partial charge >= 0.3 is 0 Å². The first-order valence-corrected chi connectivity index (χ1v) is 23.8. The van der Waals surface area contributed by atoms with Crippen LogP contribution in [-0.2, 0) is 0 Å². The standard InChI is InChI=1S/C52H56N4O8/c57-45-33-21-23-37-43-38-24-22-34(41(33)43)46(58)53(45)29-17-13-9-5-1-2-6-10-14-18-30-54-47(59)35-25-27-39-44-40(28-26-36(42(35)44)48(54)60)52(64)56(51(39)63)32-20-16-12-8-4-3-7-11-15-19-31-55(49(37)61)50(38)62/h21-28H,1-20,29-32H2. The highest BCUT2D eigenvalue weighted by Gasteiger charge is 2.41. The number of hydrogen-bond donors (Lipinski definition) is 0. The normalized spacial score (nSPS) is 20.4. The minimum absolute atomic E-state index is 0.302. The molecule has 0 N–H and O–H groups in total. The molecular formula is C52H56N4O8. The number of carbonyl (C=O) groups is 8. The van der Waals surface area contributed by atoms with Crippen LogP contribution in [0.1, 0.15) is 211 Å². The first kappa shape index (κ1) is 43.2. The fourth-order valence-electron chi connectivity index (χ4n) is 10.7. The van der Waals surface area contributed by atoms with Gasteiger partial charge in [0.1, 0.15) is 0 Å². The number of hydrogen-bond acceptors (Lipinski definition) is 8. The molecule has 15 heterocycles. The van der Waals surface area contributed by atoms with Gasteiger partial charge in [0, 0.05) is 92.2 Å². The van der Waals surface area contributed by atoms with Crippen molar-refractivity contribution >= 4 is 68.8 Å². The SMILES string of the molecule is O=C1c2ccc3c4c5ccc(c24)C(=O)N1CCCCCCCCCCCCN1C(=O)c2ccc4c6c(ccc(c26)C1=O)C(=O)N(CCCCCCCCCCCCN(C3=O)C5=O)C4=O. The predicted octanol–water partition coefficient (Wildman–Crippen LogP) is 9.89. The van der Waals surface area contributed by atoms with Gasteiger partial charge in [0.15, 0.2) is 0 Å². The van der Waals surface area contributed by atoms with Gasteiger partial charge < -0.3 is 0 Å². The number of nitrogens with zero attached hydrogens (tertiary/aromatic N) is 4. The fraction of sp³-hybridized carbons (Fsp3) is 0.462. The van der Waals surface area contributed by atoms with E-state index in [4.69, 9.17) is 0 Å². The highest BCUT2D eigenvalue weighted by atomic mass is 16.2. The first-order chi connectivity index (χ1) is 31.2. The second-order valence-electron chi connectivity index (χ2n) is 18.3. The lowest BCUT2D eigenvalue weighted by atomic mass is 9.85. The van der Waals surface area contributed by atoms with Crippen molar-refractivity contribution < 1.29 is 38.4 Å². The van der Waals surface area contributed by atoms with Crippen LogP contribution in [-0.4, -0.2) is 93.0 Å². The molecule has 0 saturated heterocycles. The Labute approximate surface area is 373 Å². The second kappa shape index (κ2) is 18.6. The number of amides is 8. The summed E-state index contributed by atoms with van der Waals surface area (Å²) >= 11 is 0. The maximum Gasteiger partial charge on any atom is 0.261 e. The van der Waals surface area contributed by atoms with E-state index in [0.717, 1.165) is 103 Å². The second-order valence-corrected chi connectivity index (χ2v) is 18.3. The Bertz CT molecular complexity index is 2130. The molecule has 0 radical (unpaired) electrons. The van der Waals surface area contributed by atoms with Gasteiger partial charge in [-0.25, -0.2) is 0 Å². The Hall–Kier alpha value is -6.04. The van der Waals surface area contributed by atoms with E-state index in [1.165, 1.54) is 19.6 Å². The average Bonchev–Trinajstić information content (AvgIpc) is 3.30. The third-order valence-electron chi connectivity index (χ3n) is 14.2. The Morgan fingerprint density at radius 1 is 0.203 bits per heavy atom. The van der Waals surface area contributed by atoms with Crippen molar-refractivity contribution in [3.8, 4) is 0 Å². The van der Waals surface area contributed by atoms with E-state index in [0.29, 0.717) is 118 Å². The van der Waals surface area contributed by atoms with Crippen LogP contribution >= 0.6 is 0 Å². The lowest BCUT2D eigenvalue weighted by Crippen LogP contribution is -2.43. The molecule has 4 aromatic rings. The topological polar surface area (TPSA) is 150 Å². The molecule has 0 saturated carbocycles. The largest absolute Gasteiger partial charge is 0.274 e. The average molecular weight is 865 g/mol. The van der Waals surface area contributed by atoms with Gasteiger partial charge in [-0.1, -0.05) is 103 Å². The number of benzene rings is 4. The predicted molar refractivity (Wildman–Crippen MR) is 242 cm³/mol. The summed E-state index contributed by atoms with van der Waals surface area (Å²) in [6.45, 7) is 1.21. The van der Waals surface area contributed by atoms with Crippen molar-refractivity contribution in [1.82, 2.24) is 19.6 Å². The molecule has 12 heteroatoms. The minimum Gasteiger partial charge on any atom is -0.274 e. The minimum atomic E-state index is -0.385. The molecule has 19 rings (SSSR count). The Balaban J connectivity index is 0.838. The Morgan fingerprint density at radius 3 is 0.469 bits per heavy atom. The molecule has 0 aromatic heterocycles. The zero-order valence-corrected chi connectivity index (χ0v) is 36.6. The maximum atomic E-state index is 13.7. The molecule has 0 spiro atoms. The van der Waals surface area contributed by atoms with Gasteiger partial charge in [-0.05, 0) is 74.2 Å². The molecule has 15 aliphatic heterocycles. The van der Waals surface area contributed by atoms with Crippen LogP contribution in [0.25, 0.3) is 21.5 Å². The molecule has 332 valence electrons. The molecule has 16 bridgehead atoms. The van der Waals surface area contributed by atoms with Gasteiger partial charge in [-0.3, -0.25) is 58.0 Å². The van der Waals surface area contributed by atoms with Crippen LogP contribution in [0, 0.1) is 0 Å². The zero-order valence-electron chi connectivity index (χ0n) is 36.6. The highest BCUT2D eigenvalue weighted by molar-refractivity contribution is 6.34. The summed E-state index contributed by atoms with van der Waals surface area (Å²) in [5, 5.41) is 1.64. The van der Waals surface area contributed by atoms with Crippen LogP contribution in [0.2, 0.25) is 0 Å². The summed E-state index contributed by atoms with van der Waals surface area (Å²) in [6.07, 6.45) is 18.5. The smallest absolute Gasteiger partial charge is 0.261 e. The van der Waals surface area contributed by atoms with Crippen LogP contribution in [0.15, 0.2) is 48.5 Å². The van der Waals surface area contributed by atoms with Crippen LogP contribution in [0.4, 0.5) is 0 Å². The van der Waals surface area contributed by atoms with E-state index in [-0.39, 0.29) is 47.3 Å². The van der Waals surface area contributed by atoms with Crippen LogP contribution in [0.5, 0.6) is 0 Å². The lowest BCUT2D eigenvalue weighted by molar-refractivity contribution is 0.0586. The Morgan fingerprint density at radius 2 is 0.328 bits per heavy atom. The van der Waals surface area contributed by atoms with Gasteiger partial charge in [0.2, 0.25) is 0 Å². The molecule has 15 aliphatic rings. The monoisotopic (exact) mass is 864 g/mol. The number of carbonyl (C=O) groups excluding carboxylic acids is 8. The third kappa shape index (κ3) is 7.72. The zero-order chi connectivity index (χ0) is 44.5. The Kier molecular flexibility index (Phi) is 12.6. The van der Waals surface area contributed by atoms with E-state index in [1.807, 2.05) is 0 Å². The molecule has 4 aromatic carbocycles. The van der Waals surface area contributed by atoms with Crippen molar-refractivity contribution in [2.24, 2.45) is 0 Å². The van der Waals surface area contributed by atoms with Crippen molar-refractivity contribution in [3.05, 3.63) is 93.0 Å². The molecule has 0 atom stereocenters. The van der Waals surface area contributed by atoms with Crippen molar-refractivity contribution in [2.45, 2.75) is 128 Å². The summed E-state index contributed by atoms with van der Waals surface area (Å²) in [6, 6.07) is 13.1. The molecule has 0 fully saturated rings. The molecular weight excluding hydrogens is 809 g/mol. The summed E-state index contributed by atoms with van der Waals surface area (Å²) in [4.78, 5) is 115. The number of rotatable bonds is 0. The summed E-state index contributed by atoms with van der Waals surface area (Å²) in [7, 11) is 0. The van der Waals surface area contributed by atoms with E-state index >= 15 is 0 Å². The quantitative estimate of drug-likeness (QED) is 0.159. The summed E-state index contributed by atoms with van der Waals surface area (Å²) in [5.41, 5.74) is 2.83. The maximum absolute atomic E-state index is 13.7. The van der Waals surface area contributed by atoms with Gasteiger partial charge in [0.05, 0.1) is 0 Å². The summed E-state index contributed by atoms with van der Waals surface area (Å²) < 4.78 is 0. The lowest BCUT2D eigenvalue weighted by Gasteiger charge is -2.32. The van der Waals surface area contributed by atoms with Crippen LogP contribution in [0.3, 0.4) is 0 Å². The van der Waals surface area contributed by atoms with E-state index in [9.17, 15) is 38.4 Å². The highest BCUT2D eigenvalue weighted by Crippen LogP contribution is 2.40. The van der Waals surface area contributed by atoms with Gasteiger partial charge in [-0.2, -0.15) is 0 Å². The van der Waals surface area contributed by atoms with Crippen molar-refractivity contribution in [3.63, 3.8) is 0 Å². The van der Waals surface area contributed by atoms with Crippen molar-refractivity contribution in [2.75, 3.05) is 26.2 Å². The summed E-state index contributed by atoms with van der Waals surface area (Å²) in [5.74, 6) is -3.08. The molecule has 12 nitrogen and oxygen atoms in total. The van der Waals surface area contributed by atoms with Crippen molar-refractivity contribution in [1.29, 1.82) is 0 Å². The first-order valence-electron chi connectivity index (χ1n) is 23.8. The van der Waals surface area contributed by atoms with Gasteiger partial charge in [0.25, 0.3) is 47.3 Å². The molecule has 0 unspecified atom stereocenters. The molecule has 8 amide bonds. The van der Waals surface area contributed by atoms with Crippen LogP contribution < -0.4 is 0 Å².